The molecule has 0 unspecified atom stereocenters. The van der Waals surface area contributed by atoms with Gasteiger partial charge in [-0.2, -0.15) is 0 Å². The maximum Gasteiger partial charge on any atom is 0.263 e. The molecule has 0 aliphatic carbocycles. The molecule has 1 aromatic heterocycles. The molecule has 2 N–H and O–H groups in total. The summed E-state index contributed by atoms with van der Waals surface area (Å²) in [6.45, 7) is 5.39. The third-order valence-corrected chi connectivity index (χ3v) is 4.82. The lowest BCUT2D eigenvalue weighted by Gasteiger charge is -2.12. The molecule has 7 nitrogen and oxygen atoms in total. The van der Waals surface area contributed by atoms with Crippen molar-refractivity contribution in [2.24, 2.45) is 0 Å². The highest BCUT2D eigenvalue weighted by atomic mass is 32.1. The Hall–Kier alpha value is -2.61. The van der Waals surface area contributed by atoms with Crippen LogP contribution >= 0.6 is 11.3 Å². The van der Waals surface area contributed by atoms with Crippen molar-refractivity contribution in [1.82, 2.24) is 10.3 Å². The molecule has 0 radical (unpaired) electrons. The molecule has 0 spiro atoms. The van der Waals surface area contributed by atoms with Crippen LogP contribution in [0.25, 0.3) is 0 Å². The van der Waals surface area contributed by atoms with Crippen LogP contribution in [0.2, 0.25) is 0 Å². The van der Waals surface area contributed by atoms with Gasteiger partial charge in [0, 0.05) is 12.1 Å². The van der Waals surface area contributed by atoms with Crippen LogP contribution in [-0.2, 0) is 6.42 Å². The highest BCUT2D eigenvalue weighted by Crippen LogP contribution is 2.30. The largest absolute Gasteiger partial charge is 0.490 e. The van der Waals surface area contributed by atoms with Gasteiger partial charge in [0.25, 0.3) is 11.8 Å². The highest BCUT2D eigenvalue weighted by molar-refractivity contribution is 7.17. The van der Waals surface area contributed by atoms with Crippen molar-refractivity contribution >= 4 is 28.3 Å². The average Bonchev–Trinajstić information content (AvgIpc) is 2.95. The Balaban J connectivity index is 1.79. The maximum absolute atomic E-state index is 12.6. The van der Waals surface area contributed by atoms with Gasteiger partial charge in [-0.25, -0.2) is 4.98 Å². The summed E-state index contributed by atoms with van der Waals surface area (Å²) in [5.74, 6) is 0.688. The van der Waals surface area contributed by atoms with Gasteiger partial charge in [0.2, 0.25) is 0 Å². The van der Waals surface area contributed by atoms with Crippen molar-refractivity contribution in [2.45, 2.75) is 26.7 Å². The molecule has 26 heavy (non-hydrogen) atoms. The van der Waals surface area contributed by atoms with Crippen molar-refractivity contribution < 1.29 is 19.1 Å². The number of hydrogen-bond donors (Lipinski definition) is 2. The Kier molecular flexibility index (Phi) is 5.72. The molecule has 138 valence electrons. The molecule has 0 atom stereocenters. The van der Waals surface area contributed by atoms with Gasteiger partial charge in [-0.3, -0.25) is 14.9 Å². The first-order chi connectivity index (χ1) is 12.6. The minimum atomic E-state index is -0.307. The number of amides is 2. The Bertz CT molecular complexity index is 819. The molecule has 1 aliphatic heterocycles. The van der Waals surface area contributed by atoms with Crippen molar-refractivity contribution in [3.05, 3.63) is 34.3 Å². The van der Waals surface area contributed by atoms with Crippen LogP contribution in [-0.4, -0.2) is 36.6 Å². The number of benzene rings is 1. The van der Waals surface area contributed by atoms with Gasteiger partial charge in [-0.1, -0.05) is 11.3 Å². The van der Waals surface area contributed by atoms with E-state index in [0.29, 0.717) is 46.8 Å². The molecule has 0 saturated heterocycles. The van der Waals surface area contributed by atoms with E-state index in [0.717, 1.165) is 18.5 Å². The molecule has 0 fully saturated rings. The monoisotopic (exact) mass is 375 g/mol. The number of ether oxygens (including phenoxy) is 2. The van der Waals surface area contributed by atoms with Crippen LogP contribution < -0.4 is 20.1 Å². The van der Waals surface area contributed by atoms with Gasteiger partial charge in [0.1, 0.15) is 4.88 Å². The molecule has 2 aromatic rings. The van der Waals surface area contributed by atoms with Crippen LogP contribution in [0.5, 0.6) is 11.5 Å². The van der Waals surface area contributed by atoms with E-state index in [4.69, 9.17) is 9.47 Å². The van der Waals surface area contributed by atoms with E-state index in [-0.39, 0.29) is 11.8 Å². The maximum atomic E-state index is 12.6. The van der Waals surface area contributed by atoms with Crippen LogP contribution in [0, 0.1) is 0 Å². The summed E-state index contributed by atoms with van der Waals surface area (Å²) >= 11 is 1.19. The van der Waals surface area contributed by atoms with Gasteiger partial charge in [-0.15, -0.1) is 0 Å². The minimum Gasteiger partial charge on any atom is -0.490 e. The number of hydrogen-bond acceptors (Lipinski definition) is 6. The molecular formula is C18H21N3O4S. The molecule has 1 aromatic carbocycles. The predicted molar refractivity (Wildman–Crippen MR) is 99.5 cm³/mol. The van der Waals surface area contributed by atoms with Gasteiger partial charge < -0.3 is 14.8 Å². The third kappa shape index (κ3) is 3.96. The first-order valence-electron chi connectivity index (χ1n) is 8.61. The summed E-state index contributed by atoms with van der Waals surface area (Å²) in [5.41, 5.74) is 1.17. The van der Waals surface area contributed by atoms with Crippen LogP contribution in [0.15, 0.2) is 18.2 Å². The van der Waals surface area contributed by atoms with E-state index in [2.05, 4.69) is 15.6 Å². The topological polar surface area (TPSA) is 89.5 Å². The van der Waals surface area contributed by atoms with Crippen molar-refractivity contribution in [1.29, 1.82) is 0 Å². The first-order valence-corrected chi connectivity index (χ1v) is 9.43. The normalized spacial score (nSPS) is 13.4. The second kappa shape index (κ2) is 8.18. The van der Waals surface area contributed by atoms with Crippen LogP contribution in [0.4, 0.5) is 5.13 Å². The van der Waals surface area contributed by atoms with Gasteiger partial charge >= 0.3 is 0 Å². The molecule has 8 heteroatoms. The van der Waals surface area contributed by atoms with Gasteiger partial charge in [0.05, 0.1) is 18.9 Å². The van der Waals surface area contributed by atoms with E-state index < -0.39 is 0 Å². The van der Waals surface area contributed by atoms with E-state index in [9.17, 15) is 9.59 Å². The Morgan fingerprint density at radius 2 is 2.04 bits per heavy atom. The van der Waals surface area contributed by atoms with E-state index in [1.807, 2.05) is 13.8 Å². The van der Waals surface area contributed by atoms with Crippen LogP contribution in [0.1, 0.15) is 46.0 Å². The Morgan fingerprint density at radius 1 is 1.27 bits per heavy atom. The number of thiazole rings is 1. The molecule has 1 aliphatic rings. The number of anilines is 1. The number of fused-ring (bicyclic) bond motifs is 1. The summed E-state index contributed by atoms with van der Waals surface area (Å²) in [6, 6.07) is 5.04. The zero-order valence-corrected chi connectivity index (χ0v) is 15.6. The zero-order chi connectivity index (χ0) is 18.5. The van der Waals surface area contributed by atoms with E-state index in [1.54, 1.807) is 18.2 Å². The van der Waals surface area contributed by atoms with Gasteiger partial charge in [-0.05, 0) is 44.9 Å². The predicted octanol–water partition coefficient (Wildman–Crippen LogP) is 2.87. The number of nitrogens with one attached hydrogen (secondary N) is 2. The number of carbonyl (C=O) groups excluding carboxylic acids is 2. The molecule has 3 rings (SSSR count). The fourth-order valence-corrected chi connectivity index (χ4v) is 3.58. The average molecular weight is 375 g/mol. The third-order valence-electron chi connectivity index (χ3n) is 3.81. The molecular weight excluding hydrogens is 354 g/mol. The molecule has 2 amide bonds. The number of carbonyl (C=O) groups is 2. The van der Waals surface area contributed by atoms with Crippen LogP contribution in [0.3, 0.4) is 0 Å². The quantitative estimate of drug-likeness (QED) is 0.810. The van der Waals surface area contributed by atoms with Crippen molar-refractivity contribution in [2.75, 3.05) is 25.1 Å². The highest BCUT2D eigenvalue weighted by Gasteiger charge is 2.21. The lowest BCUT2D eigenvalue weighted by molar-refractivity contribution is 0.0958. The minimum absolute atomic E-state index is 0.129. The van der Waals surface area contributed by atoms with Gasteiger partial charge in [0.15, 0.2) is 16.6 Å². The molecule has 0 saturated carbocycles. The van der Waals surface area contributed by atoms with Crippen molar-refractivity contribution in [3.63, 3.8) is 0 Å². The number of aromatic nitrogens is 1. The van der Waals surface area contributed by atoms with Crippen molar-refractivity contribution in [3.8, 4) is 11.5 Å². The standard InChI is InChI=1S/C18H21N3O4S/c1-3-24-13-8-7-11(10-14(13)25-4-2)16(22)21-18-20-12-6-5-9-19-17(23)15(12)26-18/h7-8,10H,3-6,9H2,1-2H3,(H,19,23)(H,20,21,22). The molecule has 0 bridgehead atoms. The summed E-state index contributed by atoms with van der Waals surface area (Å²) < 4.78 is 11.1. The fourth-order valence-electron chi connectivity index (χ4n) is 2.65. The first kappa shape index (κ1) is 18.2. The second-order valence-corrected chi connectivity index (χ2v) is 6.64. The zero-order valence-electron chi connectivity index (χ0n) is 14.8. The van der Waals surface area contributed by atoms with E-state index >= 15 is 0 Å². The fraction of sp³-hybridized carbons (Fsp3) is 0.389. The second-order valence-electron chi connectivity index (χ2n) is 5.64. The summed E-state index contributed by atoms with van der Waals surface area (Å²) in [6.07, 6.45) is 1.56. The summed E-state index contributed by atoms with van der Waals surface area (Å²) in [7, 11) is 0. The van der Waals surface area contributed by atoms with E-state index in [1.165, 1.54) is 11.3 Å². The number of nitrogens with zero attached hydrogens (tertiary/aromatic N) is 1. The summed E-state index contributed by atoms with van der Waals surface area (Å²) in [5, 5.41) is 6.02. The Labute approximate surface area is 155 Å². The number of rotatable bonds is 6. The lowest BCUT2D eigenvalue weighted by Crippen LogP contribution is -2.21. The SMILES string of the molecule is CCOc1ccc(C(=O)Nc2nc3c(s2)C(=O)NCCC3)cc1OCC. The lowest BCUT2D eigenvalue weighted by atomic mass is 10.2. The Morgan fingerprint density at radius 3 is 2.81 bits per heavy atom. The molecule has 2 heterocycles. The smallest absolute Gasteiger partial charge is 0.263 e. The summed E-state index contributed by atoms with van der Waals surface area (Å²) in [4.78, 5) is 29.5. The number of aryl methyl sites for hydroxylation is 1.